The van der Waals surface area contributed by atoms with Crippen molar-refractivity contribution < 1.29 is 19.0 Å². The van der Waals surface area contributed by atoms with Crippen LogP contribution in [0.4, 0.5) is 5.69 Å². The smallest absolute Gasteiger partial charge is 0.265 e. The van der Waals surface area contributed by atoms with E-state index in [1.165, 1.54) is 0 Å². The van der Waals surface area contributed by atoms with Crippen LogP contribution in [0.1, 0.15) is 12.6 Å². The highest BCUT2D eigenvalue weighted by atomic mass is 16.5. The molecular formula is C24H23N3O4. The van der Waals surface area contributed by atoms with Gasteiger partial charge in [0.15, 0.2) is 17.6 Å². The van der Waals surface area contributed by atoms with Crippen LogP contribution in [0, 0.1) is 0 Å². The Balaban J connectivity index is 1.43. The van der Waals surface area contributed by atoms with Crippen molar-refractivity contribution in [3.8, 4) is 17.2 Å². The predicted octanol–water partition coefficient (Wildman–Crippen LogP) is 4.33. The van der Waals surface area contributed by atoms with Crippen molar-refractivity contribution >= 4 is 17.2 Å². The fourth-order valence-electron chi connectivity index (χ4n) is 3.08. The molecule has 0 saturated carbocycles. The molecule has 2 aromatic carbocycles. The summed E-state index contributed by atoms with van der Waals surface area (Å²) in [6, 6.07) is 20.3. The molecule has 2 heterocycles. The van der Waals surface area contributed by atoms with Gasteiger partial charge in [0.05, 0.1) is 12.8 Å². The molecular weight excluding hydrogens is 394 g/mol. The second kappa shape index (κ2) is 9.21. The highest BCUT2D eigenvalue weighted by molar-refractivity contribution is 5.94. The van der Waals surface area contributed by atoms with Crippen molar-refractivity contribution in [2.45, 2.75) is 19.6 Å². The lowest BCUT2D eigenvalue weighted by molar-refractivity contribution is -0.122. The Morgan fingerprint density at radius 2 is 1.87 bits per heavy atom. The molecule has 1 unspecified atom stereocenters. The molecule has 158 valence electrons. The van der Waals surface area contributed by atoms with E-state index in [4.69, 9.17) is 14.2 Å². The number of nitrogens with zero attached hydrogens (tertiary/aromatic N) is 2. The second-order valence-electron chi connectivity index (χ2n) is 6.92. The molecule has 0 aliphatic carbocycles. The summed E-state index contributed by atoms with van der Waals surface area (Å²) in [5.41, 5.74) is 2.22. The molecule has 0 bridgehead atoms. The third-order valence-electron chi connectivity index (χ3n) is 4.65. The van der Waals surface area contributed by atoms with Crippen LogP contribution in [-0.4, -0.2) is 28.5 Å². The molecule has 31 heavy (non-hydrogen) atoms. The van der Waals surface area contributed by atoms with Gasteiger partial charge in [0, 0.05) is 24.1 Å². The summed E-state index contributed by atoms with van der Waals surface area (Å²) < 4.78 is 18.9. The third kappa shape index (κ3) is 4.95. The average molecular weight is 417 g/mol. The van der Waals surface area contributed by atoms with Crippen molar-refractivity contribution in [2.75, 3.05) is 12.4 Å². The molecule has 4 aromatic rings. The van der Waals surface area contributed by atoms with Gasteiger partial charge in [-0.2, -0.15) is 0 Å². The van der Waals surface area contributed by atoms with Gasteiger partial charge >= 0.3 is 0 Å². The normalized spacial score (nSPS) is 11.7. The lowest BCUT2D eigenvalue weighted by Gasteiger charge is -2.16. The number of amides is 1. The van der Waals surface area contributed by atoms with Crippen LogP contribution in [0.2, 0.25) is 0 Å². The molecule has 1 amide bonds. The SMILES string of the molecule is COc1ccc(NC(=O)C(C)Oc2ccccc2)cc1OCc1cn2ccccc2n1. The number of benzene rings is 2. The number of methoxy groups -OCH3 is 1. The second-order valence-corrected chi connectivity index (χ2v) is 6.92. The fourth-order valence-corrected chi connectivity index (χ4v) is 3.08. The van der Waals surface area contributed by atoms with Crippen molar-refractivity contribution in [3.63, 3.8) is 0 Å². The largest absolute Gasteiger partial charge is 0.493 e. The minimum absolute atomic E-state index is 0.264. The summed E-state index contributed by atoms with van der Waals surface area (Å²) in [5.74, 6) is 1.45. The molecule has 1 atom stereocenters. The van der Waals surface area contributed by atoms with Gasteiger partial charge in [-0.05, 0) is 43.3 Å². The first-order chi connectivity index (χ1) is 15.1. The summed E-state index contributed by atoms with van der Waals surface area (Å²) >= 11 is 0. The highest BCUT2D eigenvalue weighted by Gasteiger charge is 2.16. The van der Waals surface area contributed by atoms with Crippen molar-refractivity contribution in [2.24, 2.45) is 0 Å². The molecule has 2 aromatic heterocycles. The maximum atomic E-state index is 12.5. The summed E-state index contributed by atoms with van der Waals surface area (Å²) in [6.07, 6.45) is 3.18. The minimum atomic E-state index is -0.660. The van der Waals surface area contributed by atoms with Gasteiger partial charge in [0.2, 0.25) is 0 Å². The van der Waals surface area contributed by atoms with Gasteiger partial charge < -0.3 is 23.9 Å². The number of pyridine rings is 1. The van der Waals surface area contributed by atoms with Crippen LogP contribution in [0.5, 0.6) is 17.2 Å². The number of carbonyl (C=O) groups excluding carboxylic acids is 1. The van der Waals surface area contributed by atoms with Crippen LogP contribution in [0.15, 0.2) is 79.1 Å². The summed E-state index contributed by atoms with van der Waals surface area (Å²) in [5, 5.41) is 2.85. The van der Waals surface area contributed by atoms with E-state index in [9.17, 15) is 4.79 Å². The van der Waals surface area contributed by atoms with Gasteiger partial charge in [-0.15, -0.1) is 0 Å². The number of anilines is 1. The van der Waals surface area contributed by atoms with Crippen LogP contribution in [0.25, 0.3) is 5.65 Å². The molecule has 0 saturated heterocycles. The summed E-state index contributed by atoms with van der Waals surface area (Å²) in [4.78, 5) is 17.1. The molecule has 1 N–H and O–H groups in total. The first-order valence-electron chi connectivity index (χ1n) is 9.88. The molecule has 0 aliphatic rings. The number of hydrogen-bond donors (Lipinski definition) is 1. The number of fused-ring (bicyclic) bond motifs is 1. The van der Waals surface area contributed by atoms with Gasteiger partial charge in [0.25, 0.3) is 5.91 Å². The monoisotopic (exact) mass is 417 g/mol. The van der Waals surface area contributed by atoms with E-state index in [1.54, 1.807) is 32.2 Å². The van der Waals surface area contributed by atoms with E-state index >= 15 is 0 Å². The Morgan fingerprint density at radius 1 is 1.06 bits per heavy atom. The van der Waals surface area contributed by atoms with E-state index in [1.807, 2.05) is 65.3 Å². The average Bonchev–Trinajstić information content (AvgIpc) is 3.21. The van der Waals surface area contributed by atoms with Crippen molar-refractivity contribution in [1.82, 2.24) is 9.38 Å². The lowest BCUT2D eigenvalue weighted by Crippen LogP contribution is -2.30. The molecule has 0 spiro atoms. The molecule has 7 nitrogen and oxygen atoms in total. The Bertz CT molecular complexity index is 1140. The number of imidazole rings is 1. The molecule has 0 aliphatic heterocycles. The number of carbonyl (C=O) groups is 1. The van der Waals surface area contributed by atoms with Crippen LogP contribution in [-0.2, 0) is 11.4 Å². The number of hydrogen-bond acceptors (Lipinski definition) is 5. The topological polar surface area (TPSA) is 74.1 Å². The molecule has 4 rings (SSSR count). The van der Waals surface area contributed by atoms with Gasteiger partial charge in [-0.25, -0.2) is 4.98 Å². The van der Waals surface area contributed by atoms with Gasteiger partial charge in [0.1, 0.15) is 18.0 Å². The van der Waals surface area contributed by atoms with Gasteiger partial charge in [-0.1, -0.05) is 24.3 Å². The van der Waals surface area contributed by atoms with Crippen LogP contribution in [0.3, 0.4) is 0 Å². The summed E-state index contributed by atoms with van der Waals surface area (Å²) in [7, 11) is 1.57. The number of nitrogens with one attached hydrogen (secondary N) is 1. The first kappa shape index (κ1) is 20.3. The zero-order chi connectivity index (χ0) is 21.6. The van der Waals surface area contributed by atoms with Crippen LogP contribution < -0.4 is 19.5 Å². The van der Waals surface area contributed by atoms with Crippen LogP contribution >= 0.6 is 0 Å². The Labute approximate surface area is 180 Å². The van der Waals surface area contributed by atoms with E-state index in [0.29, 0.717) is 22.9 Å². The lowest BCUT2D eigenvalue weighted by atomic mass is 10.2. The molecule has 0 fully saturated rings. The molecule has 7 heteroatoms. The van der Waals surface area contributed by atoms with E-state index < -0.39 is 6.10 Å². The highest BCUT2D eigenvalue weighted by Crippen LogP contribution is 2.31. The van der Waals surface area contributed by atoms with E-state index in [-0.39, 0.29) is 12.5 Å². The maximum Gasteiger partial charge on any atom is 0.265 e. The van der Waals surface area contributed by atoms with Crippen molar-refractivity contribution in [3.05, 3.63) is 84.8 Å². The zero-order valence-corrected chi connectivity index (χ0v) is 17.3. The number of ether oxygens (including phenoxy) is 3. The molecule has 0 radical (unpaired) electrons. The standard InChI is InChI=1S/C24H23N3O4/c1-17(31-20-8-4-3-5-9-20)24(28)26-18-11-12-21(29-2)22(14-18)30-16-19-15-27-13-7-6-10-23(27)25-19/h3-15,17H,16H2,1-2H3,(H,26,28). The Kier molecular flexibility index (Phi) is 6.03. The predicted molar refractivity (Wildman–Crippen MR) is 118 cm³/mol. The maximum absolute atomic E-state index is 12.5. The number of rotatable bonds is 8. The van der Waals surface area contributed by atoms with Crippen molar-refractivity contribution in [1.29, 1.82) is 0 Å². The Hall–Kier alpha value is -4.00. The minimum Gasteiger partial charge on any atom is -0.493 e. The zero-order valence-electron chi connectivity index (χ0n) is 17.3. The van der Waals surface area contributed by atoms with E-state index in [2.05, 4.69) is 10.3 Å². The van der Waals surface area contributed by atoms with Gasteiger partial charge in [-0.3, -0.25) is 4.79 Å². The number of aromatic nitrogens is 2. The third-order valence-corrected chi connectivity index (χ3v) is 4.65. The summed E-state index contributed by atoms with van der Waals surface area (Å²) in [6.45, 7) is 1.97. The van der Waals surface area contributed by atoms with E-state index in [0.717, 1.165) is 11.3 Å². The Morgan fingerprint density at radius 3 is 2.65 bits per heavy atom. The fraction of sp³-hybridized carbons (Fsp3) is 0.167. The first-order valence-corrected chi connectivity index (χ1v) is 9.88. The quantitative estimate of drug-likeness (QED) is 0.462. The number of para-hydroxylation sites is 1.